The number of hydrogen-bond donors (Lipinski definition) is 1. The number of unbranched alkanes of at least 4 members (excludes halogenated alkanes) is 1. The lowest BCUT2D eigenvalue weighted by molar-refractivity contribution is -0.126. The van der Waals surface area contributed by atoms with Crippen molar-refractivity contribution in [2.75, 3.05) is 25.3 Å². The smallest absolute Gasteiger partial charge is 0.248 e. The van der Waals surface area contributed by atoms with Crippen LogP contribution in [0.25, 0.3) is 0 Å². The summed E-state index contributed by atoms with van der Waals surface area (Å²) < 4.78 is 19.2. The van der Waals surface area contributed by atoms with Gasteiger partial charge in [0.1, 0.15) is 11.4 Å². The van der Waals surface area contributed by atoms with Crippen molar-refractivity contribution in [2.24, 2.45) is 11.0 Å². The molecule has 1 aliphatic heterocycles. The molecule has 0 aromatic heterocycles. The second-order valence-corrected chi connectivity index (χ2v) is 8.59. The van der Waals surface area contributed by atoms with E-state index in [1.54, 1.807) is 24.3 Å². The number of carbonyl (C=O) groups excluding carboxylic acids is 1. The Bertz CT molecular complexity index is 944. The van der Waals surface area contributed by atoms with Gasteiger partial charge in [-0.25, -0.2) is 9.40 Å². The van der Waals surface area contributed by atoms with Crippen molar-refractivity contribution in [3.63, 3.8) is 0 Å². The minimum absolute atomic E-state index is 0.107. The molecule has 172 valence electrons. The largest absolute Gasteiger partial charge is 0.385 e. The van der Waals surface area contributed by atoms with Gasteiger partial charge in [0.25, 0.3) is 0 Å². The van der Waals surface area contributed by atoms with Crippen molar-refractivity contribution in [1.29, 1.82) is 0 Å². The van der Waals surface area contributed by atoms with Gasteiger partial charge in [0.15, 0.2) is 0 Å². The highest BCUT2D eigenvalue weighted by Gasteiger charge is 2.53. The SMILES string of the molecule is CCCCC1C(c2ccc(C)cc2)=NN(c2cccc(F)c2)C1(C)C(=O)NCCCOC. The van der Waals surface area contributed by atoms with Crippen LogP contribution in [0.1, 0.15) is 50.7 Å². The van der Waals surface area contributed by atoms with Gasteiger partial charge >= 0.3 is 0 Å². The van der Waals surface area contributed by atoms with E-state index in [0.717, 1.165) is 42.5 Å². The molecule has 1 heterocycles. The molecule has 3 rings (SSSR count). The number of rotatable bonds is 10. The van der Waals surface area contributed by atoms with Crippen LogP contribution in [-0.2, 0) is 9.53 Å². The average Bonchev–Trinajstić information content (AvgIpc) is 3.09. The van der Waals surface area contributed by atoms with E-state index in [2.05, 4.69) is 36.5 Å². The zero-order valence-corrected chi connectivity index (χ0v) is 19.5. The first kappa shape index (κ1) is 23.9. The van der Waals surface area contributed by atoms with E-state index in [4.69, 9.17) is 9.84 Å². The van der Waals surface area contributed by atoms with Gasteiger partial charge in [-0.15, -0.1) is 0 Å². The fourth-order valence-electron chi connectivity index (χ4n) is 4.29. The first-order valence-electron chi connectivity index (χ1n) is 11.4. The van der Waals surface area contributed by atoms with Crippen LogP contribution in [0, 0.1) is 18.7 Å². The summed E-state index contributed by atoms with van der Waals surface area (Å²) in [6, 6.07) is 14.5. The summed E-state index contributed by atoms with van der Waals surface area (Å²) in [5.41, 5.74) is 2.63. The third-order valence-corrected chi connectivity index (χ3v) is 6.17. The molecule has 0 aliphatic carbocycles. The van der Waals surface area contributed by atoms with Crippen molar-refractivity contribution >= 4 is 17.3 Å². The number of halogens is 1. The summed E-state index contributed by atoms with van der Waals surface area (Å²) in [6.45, 7) is 7.21. The first-order valence-corrected chi connectivity index (χ1v) is 11.4. The number of hydrogen-bond acceptors (Lipinski definition) is 4. The van der Waals surface area contributed by atoms with Crippen LogP contribution < -0.4 is 10.3 Å². The number of ether oxygens (including phenoxy) is 1. The van der Waals surface area contributed by atoms with E-state index in [1.807, 2.05) is 13.8 Å². The fourth-order valence-corrected chi connectivity index (χ4v) is 4.29. The summed E-state index contributed by atoms with van der Waals surface area (Å²) in [5.74, 6) is -0.588. The van der Waals surface area contributed by atoms with Crippen molar-refractivity contribution in [3.05, 3.63) is 65.5 Å². The van der Waals surface area contributed by atoms with Gasteiger partial charge in [0.05, 0.1) is 11.4 Å². The van der Waals surface area contributed by atoms with Gasteiger partial charge in [0.2, 0.25) is 5.91 Å². The normalized spacial score (nSPS) is 20.3. The predicted octanol–water partition coefficient (Wildman–Crippen LogP) is 5.08. The van der Waals surface area contributed by atoms with Gasteiger partial charge in [-0.2, -0.15) is 5.10 Å². The highest BCUT2D eigenvalue weighted by molar-refractivity contribution is 6.10. The van der Waals surface area contributed by atoms with Crippen molar-refractivity contribution in [2.45, 2.75) is 52.0 Å². The zero-order chi connectivity index (χ0) is 23.1. The van der Waals surface area contributed by atoms with E-state index in [1.165, 1.54) is 12.1 Å². The maximum atomic E-state index is 14.1. The standard InChI is InChI=1S/C26H34FN3O2/c1-5-6-11-23-24(20-14-12-19(2)13-15-20)29-30(22-10-7-9-21(27)18-22)26(23,3)25(31)28-16-8-17-32-4/h7,9-10,12-15,18,23H,5-6,8,11,16-17H2,1-4H3,(H,28,31). The van der Waals surface area contributed by atoms with Crippen LogP contribution >= 0.6 is 0 Å². The lowest BCUT2D eigenvalue weighted by Crippen LogP contribution is -2.58. The molecule has 0 radical (unpaired) electrons. The molecule has 5 nitrogen and oxygen atoms in total. The number of nitrogens with one attached hydrogen (secondary N) is 1. The van der Waals surface area contributed by atoms with E-state index in [9.17, 15) is 9.18 Å². The Labute approximate surface area is 190 Å². The Kier molecular flexibility index (Phi) is 8.02. The van der Waals surface area contributed by atoms with Crippen LogP contribution in [0.3, 0.4) is 0 Å². The summed E-state index contributed by atoms with van der Waals surface area (Å²) in [7, 11) is 1.65. The predicted molar refractivity (Wildman–Crippen MR) is 128 cm³/mol. The van der Waals surface area contributed by atoms with E-state index >= 15 is 0 Å². The van der Waals surface area contributed by atoms with E-state index < -0.39 is 5.54 Å². The molecule has 0 saturated heterocycles. The number of amides is 1. The number of benzene rings is 2. The minimum Gasteiger partial charge on any atom is -0.385 e. The Morgan fingerprint density at radius 2 is 1.97 bits per heavy atom. The summed E-state index contributed by atoms with van der Waals surface area (Å²) in [4.78, 5) is 13.6. The van der Waals surface area contributed by atoms with Crippen molar-refractivity contribution in [3.8, 4) is 0 Å². The number of aryl methyl sites for hydroxylation is 1. The zero-order valence-electron chi connectivity index (χ0n) is 19.5. The van der Waals surface area contributed by atoms with Gasteiger partial charge in [-0.05, 0) is 50.5 Å². The van der Waals surface area contributed by atoms with Crippen LogP contribution in [0.5, 0.6) is 0 Å². The highest BCUT2D eigenvalue weighted by Crippen LogP contribution is 2.42. The Hall–Kier alpha value is -2.73. The molecule has 32 heavy (non-hydrogen) atoms. The van der Waals surface area contributed by atoms with Gasteiger partial charge < -0.3 is 10.1 Å². The Morgan fingerprint density at radius 3 is 2.62 bits per heavy atom. The van der Waals surface area contributed by atoms with Crippen LogP contribution in [0.15, 0.2) is 53.6 Å². The molecule has 2 aromatic rings. The maximum absolute atomic E-state index is 14.1. The molecule has 0 spiro atoms. The molecular weight excluding hydrogens is 405 g/mol. The monoisotopic (exact) mass is 439 g/mol. The lowest BCUT2D eigenvalue weighted by atomic mass is 9.77. The summed E-state index contributed by atoms with van der Waals surface area (Å²) in [6.07, 6.45) is 3.53. The van der Waals surface area contributed by atoms with Crippen molar-refractivity contribution < 1.29 is 13.9 Å². The molecule has 6 heteroatoms. The van der Waals surface area contributed by atoms with E-state index in [-0.39, 0.29) is 17.6 Å². The molecule has 1 N–H and O–H groups in total. The summed E-state index contributed by atoms with van der Waals surface area (Å²) in [5, 5.41) is 9.74. The van der Waals surface area contributed by atoms with Crippen LogP contribution in [-0.4, -0.2) is 37.4 Å². The molecule has 1 amide bonds. The molecule has 2 aromatic carbocycles. The molecule has 1 aliphatic rings. The number of methoxy groups -OCH3 is 1. The van der Waals surface area contributed by atoms with Gasteiger partial charge in [0, 0.05) is 26.2 Å². The Morgan fingerprint density at radius 1 is 1.22 bits per heavy atom. The highest BCUT2D eigenvalue weighted by atomic mass is 19.1. The lowest BCUT2D eigenvalue weighted by Gasteiger charge is -2.37. The number of anilines is 1. The first-order chi connectivity index (χ1) is 15.4. The molecule has 2 atom stereocenters. The van der Waals surface area contributed by atoms with Gasteiger partial charge in [-0.1, -0.05) is 55.7 Å². The number of nitrogens with zero attached hydrogens (tertiary/aromatic N) is 2. The average molecular weight is 440 g/mol. The van der Waals surface area contributed by atoms with Crippen molar-refractivity contribution in [1.82, 2.24) is 5.32 Å². The number of carbonyl (C=O) groups is 1. The van der Waals surface area contributed by atoms with Gasteiger partial charge in [-0.3, -0.25) is 4.79 Å². The quantitative estimate of drug-likeness (QED) is 0.526. The third kappa shape index (κ3) is 5.01. The molecular formula is C26H34FN3O2. The molecule has 0 saturated carbocycles. The van der Waals surface area contributed by atoms with Crippen LogP contribution in [0.2, 0.25) is 0 Å². The minimum atomic E-state index is -0.976. The maximum Gasteiger partial charge on any atom is 0.248 e. The Balaban J connectivity index is 2.06. The number of hydrazone groups is 1. The summed E-state index contributed by atoms with van der Waals surface area (Å²) >= 11 is 0. The fraction of sp³-hybridized carbons (Fsp3) is 0.462. The molecule has 2 unspecified atom stereocenters. The topological polar surface area (TPSA) is 53.9 Å². The van der Waals surface area contributed by atoms with Crippen LogP contribution in [0.4, 0.5) is 10.1 Å². The second-order valence-electron chi connectivity index (χ2n) is 8.59. The molecule has 0 bridgehead atoms. The molecule has 0 fully saturated rings. The second kappa shape index (κ2) is 10.7. The third-order valence-electron chi connectivity index (χ3n) is 6.17. The van der Waals surface area contributed by atoms with E-state index in [0.29, 0.717) is 18.8 Å².